The quantitative estimate of drug-likeness (QED) is 0.750. The highest BCUT2D eigenvalue weighted by Crippen LogP contribution is 2.31. The van der Waals surface area contributed by atoms with E-state index in [1.165, 1.54) is 0 Å². The summed E-state index contributed by atoms with van der Waals surface area (Å²) in [6, 6.07) is 9.09. The van der Waals surface area contributed by atoms with Gasteiger partial charge in [0.25, 0.3) is 5.91 Å². The van der Waals surface area contributed by atoms with Crippen LogP contribution >= 0.6 is 23.2 Å². The lowest BCUT2D eigenvalue weighted by Gasteiger charge is -2.20. The monoisotopic (exact) mass is 375 g/mol. The molecule has 0 fully saturated rings. The molecule has 0 spiro atoms. The minimum Gasteiger partial charge on any atom is -0.377 e. The zero-order valence-electron chi connectivity index (χ0n) is 14.2. The lowest BCUT2D eigenvalue weighted by molar-refractivity contribution is 0.102. The van der Waals surface area contributed by atoms with E-state index in [4.69, 9.17) is 27.9 Å². The van der Waals surface area contributed by atoms with Crippen LogP contribution in [-0.4, -0.2) is 19.1 Å². The van der Waals surface area contributed by atoms with Crippen molar-refractivity contribution >= 4 is 40.4 Å². The molecule has 0 saturated heterocycles. The Bertz CT molecular complexity index is 859. The third kappa shape index (κ3) is 3.90. The van der Waals surface area contributed by atoms with E-state index in [1.807, 2.05) is 19.9 Å². The molecular formula is C20H19Cl2NO2. The zero-order chi connectivity index (χ0) is 18.0. The molecule has 5 heteroatoms. The summed E-state index contributed by atoms with van der Waals surface area (Å²) in [5.41, 5.74) is 5.49. The molecule has 1 amide bonds. The number of hydrogen-bond donors (Lipinski definition) is 1. The van der Waals surface area contributed by atoms with Crippen LogP contribution in [0.15, 0.2) is 36.4 Å². The summed E-state index contributed by atoms with van der Waals surface area (Å²) in [4.78, 5) is 13.0. The molecular weight excluding hydrogens is 357 g/mol. The number of anilines is 1. The molecule has 1 heterocycles. The van der Waals surface area contributed by atoms with Crippen molar-refractivity contribution in [1.29, 1.82) is 0 Å². The van der Waals surface area contributed by atoms with Crippen LogP contribution in [0.25, 0.3) is 5.57 Å². The van der Waals surface area contributed by atoms with E-state index in [1.54, 1.807) is 18.2 Å². The van der Waals surface area contributed by atoms with Gasteiger partial charge in [0.1, 0.15) is 0 Å². The van der Waals surface area contributed by atoms with Crippen molar-refractivity contribution in [2.75, 3.05) is 18.5 Å². The smallest absolute Gasteiger partial charge is 0.256 e. The molecule has 2 aromatic carbocycles. The highest BCUT2D eigenvalue weighted by Gasteiger charge is 2.20. The first-order valence-electron chi connectivity index (χ1n) is 8.11. The highest BCUT2D eigenvalue weighted by molar-refractivity contribution is 6.42. The Morgan fingerprint density at radius 1 is 1.08 bits per heavy atom. The van der Waals surface area contributed by atoms with Crippen molar-refractivity contribution < 1.29 is 9.53 Å². The van der Waals surface area contributed by atoms with Crippen molar-refractivity contribution in [3.63, 3.8) is 0 Å². The summed E-state index contributed by atoms with van der Waals surface area (Å²) < 4.78 is 5.41. The van der Waals surface area contributed by atoms with Gasteiger partial charge in [0.05, 0.1) is 28.8 Å². The van der Waals surface area contributed by atoms with E-state index in [0.717, 1.165) is 28.7 Å². The van der Waals surface area contributed by atoms with Crippen molar-refractivity contribution in [3.05, 3.63) is 68.7 Å². The van der Waals surface area contributed by atoms with Crippen molar-refractivity contribution in [3.8, 4) is 0 Å². The molecule has 0 atom stereocenters. The summed E-state index contributed by atoms with van der Waals surface area (Å²) in [7, 11) is 0. The van der Waals surface area contributed by atoms with Gasteiger partial charge in [-0.05, 0) is 60.7 Å². The number of nitrogens with one attached hydrogen (secondary N) is 1. The van der Waals surface area contributed by atoms with Crippen molar-refractivity contribution in [1.82, 2.24) is 0 Å². The van der Waals surface area contributed by atoms with Crippen LogP contribution in [0.1, 0.15) is 33.5 Å². The van der Waals surface area contributed by atoms with Crippen molar-refractivity contribution in [2.24, 2.45) is 0 Å². The van der Waals surface area contributed by atoms with Gasteiger partial charge in [-0.2, -0.15) is 0 Å². The van der Waals surface area contributed by atoms with E-state index in [0.29, 0.717) is 34.5 Å². The Morgan fingerprint density at radius 2 is 1.84 bits per heavy atom. The third-order valence-electron chi connectivity index (χ3n) is 4.31. The maximum Gasteiger partial charge on any atom is 0.256 e. The maximum atomic E-state index is 13.0. The first-order valence-corrected chi connectivity index (χ1v) is 8.86. The second kappa shape index (κ2) is 7.61. The summed E-state index contributed by atoms with van der Waals surface area (Å²) in [5.74, 6) is -0.151. The Kier molecular flexibility index (Phi) is 5.48. The Labute approximate surface area is 157 Å². The predicted molar refractivity (Wildman–Crippen MR) is 104 cm³/mol. The molecule has 0 saturated carbocycles. The van der Waals surface area contributed by atoms with Crippen molar-refractivity contribution in [2.45, 2.75) is 20.3 Å². The number of rotatable bonds is 3. The first-order chi connectivity index (χ1) is 12.0. The number of halogens is 2. The van der Waals surface area contributed by atoms with Crippen LogP contribution < -0.4 is 5.32 Å². The summed E-state index contributed by atoms with van der Waals surface area (Å²) in [6.45, 7) is 5.23. The molecule has 0 aliphatic carbocycles. The van der Waals surface area contributed by atoms with Gasteiger partial charge in [0.2, 0.25) is 0 Å². The van der Waals surface area contributed by atoms with Crippen LogP contribution in [0.3, 0.4) is 0 Å². The summed E-state index contributed by atoms with van der Waals surface area (Å²) >= 11 is 12.0. The van der Waals surface area contributed by atoms with E-state index in [-0.39, 0.29) is 5.91 Å². The lowest BCUT2D eigenvalue weighted by atomic mass is 9.89. The molecule has 1 N–H and O–H groups in total. The zero-order valence-corrected chi connectivity index (χ0v) is 15.7. The van der Waals surface area contributed by atoms with Gasteiger partial charge in [-0.15, -0.1) is 0 Å². The van der Waals surface area contributed by atoms with Gasteiger partial charge in [0.15, 0.2) is 0 Å². The van der Waals surface area contributed by atoms with Gasteiger partial charge in [-0.3, -0.25) is 4.79 Å². The minimum atomic E-state index is -0.151. The molecule has 3 nitrogen and oxygen atoms in total. The van der Waals surface area contributed by atoms with E-state index in [2.05, 4.69) is 17.5 Å². The molecule has 25 heavy (non-hydrogen) atoms. The number of ether oxygens (including phenoxy) is 1. The topological polar surface area (TPSA) is 38.3 Å². The fourth-order valence-electron chi connectivity index (χ4n) is 3.04. The van der Waals surface area contributed by atoms with Gasteiger partial charge < -0.3 is 10.1 Å². The molecule has 0 unspecified atom stereocenters. The number of carbonyl (C=O) groups is 1. The average molecular weight is 376 g/mol. The molecule has 2 aromatic rings. The highest BCUT2D eigenvalue weighted by atomic mass is 35.5. The van der Waals surface area contributed by atoms with Crippen LogP contribution in [0.2, 0.25) is 10.0 Å². The fraction of sp³-hybridized carbons (Fsp3) is 0.250. The Balaban J connectivity index is 2.00. The molecule has 0 bridgehead atoms. The van der Waals surface area contributed by atoms with Gasteiger partial charge in [-0.1, -0.05) is 41.4 Å². The number of hydrogen-bond acceptors (Lipinski definition) is 2. The van der Waals surface area contributed by atoms with Gasteiger partial charge in [-0.25, -0.2) is 0 Å². The fourth-order valence-corrected chi connectivity index (χ4v) is 3.34. The standard InChI is InChI=1S/C20H19Cl2NO2/c1-12-3-4-13(2)19(18(12)14-7-9-25-10-8-14)20(24)23-15-5-6-16(21)17(22)11-15/h3-7,11H,8-10H2,1-2H3,(H,23,24). The second-order valence-corrected chi connectivity index (χ2v) is 6.90. The SMILES string of the molecule is Cc1ccc(C)c(C2=CCOCC2)c1C(=O)Nc1ccc(Cl)c(Cl)c1. The van der Waals surface area contributed by atoms with Crippen LogP contribution in [0.5, 0.6) is 0 Å². The van der Waals surface area contributed by atoms with Crippen LogP contribution in [-0.2, 0) is 4.74 Å². The van der Waals surface area contributed by atoms with Crippen LogP contribution in [0.4, 0.5) is 5.69 Å². The Morgan fingerprint density at radius 3 is 2.52 bits per heavy atom. The molecule has 130 valence electrons. The van der Waals surface area contributed by atoms with E-state index in [9.17, 15) is 4.79 Å². The van der Waals surface area contributed by atoms with Gasteiger partial charge in [0, 0.05) is 5.69 Å². The van der Waals surface area contributed by atoms with E-state index >= 15 is 0 Å². The molecule has 0 aromatic heterocycles. The first kappa shape index (κ1) is 18.0. The van der Waals surface area contributed by atoms with Gasteiger partial charge >= 0.3 is 0 Å². The molecule has 3 rings (SSSR count). The minimum absolute atomic E-state index is 0.151. The number of amides is 1. The number of carbonyl (C=O) groups excluding carboxylic acids is 1. The number of benzene rings is 2. The maximum absolute atomic E-state index is 13.0. The molecule has 0 radical (unpaired) electrons. The second-order valence-electron chi connectivity index (χ2n) is 6.09. The largest absolute Gasteiger partial charge is 0.377 e. The summed E-state index contributed by atoms with van der Waals surface area (Å²) in [5, 5.41) is 3.80. The third-order valence-corrected chi connectivity index (χ3v) is 5.05. The predicted octanol–water partition coefficient (Wildman–Crippen LogP) is 5.67. The lowest BCUT2D eigenvalue weighted by Crippen LogP contribution is -2.18. The average Bonchev–Trinajstić information content (AvgIpc) is 2.60. The molecule has 1 aliphatic rings. The van der Waals surface area contributed by atoms with Crippen LogP contribution in [0, 0.1) is 13.8 Å². The number of aryl methyl sites for hydroxylation is 2. The normalized spacial score (nSPS) is 14.2. The Hall–Kier alpha value is -1.81. The van der Waals surface area contributed by atoms with E-state index < -0.39 is 0 Å². The molecule has 1 aliphatic heterocycles. The summed E-state index contributed by atoms with van der Waals surface area (Å²) in [6.07, 6.45) is 2.86.